The van der Waals surface area contributed by atoms with Crippen molar-refractivity contribution in [2.45, 2.75) is 45.8 Å². The van der Waals surface area contributed by atoms with E-state index in [1.807, 2.05) is 23.1 Å². The Hall–Kier alpha value is -1.57. The molecule has 0 spiro atoms. The zero-order valence-corrected chi connectivity index (χ0v) is 14.1. The van der Waals surface area contributed by atoms with Crippen LogP contribution in [0.3, 0.4) is 0 Å². The van der Waals surface area contributed by atoms with Gasteiger partial charge >= 0.3 is 33.0 Å². The Morgan fingerprint density at radius 2 is 1.67 bits per heavy atom. The standard InChI is InChI=1S/C13H21N4.F6P/c1-2-3-4-5-8-15-10-11-16(12-15)13-17-9-6-7-14-17;1-7(2,3,4,5)6/h6-7,9-12H,2-5,8,13H2,1H3;/q+1;-1. The molecule has 0 bridgehead atoms. The molecule has 11 heteroatoms. The first-order chi connectivity index (χ1) is 10.8. The Bertz CT molecular complexity index is 594. The van der Waals surface area contributed by atoms with Gasteiger partial charge in [0.15, 0.2) is 6.67 Å². The average molecular weight is 378 g/mol. The number of hydrogen-bond acceptors (Lipinski definition) is 1. The SMILES string of the molecule is CCCCCCn1cc[n+](Cn2cccn2)c1.F[P-](F)(F)(F)(F)F. The summed E-state index contributed by atoms with van der Waals surface area (Å²) in [5.41, 5.74) is 0. The molecule has 0 unspecified atom stereocenters. The van der Waals surface area contributed by atoms with Crippen LogP contribution >= 0.6 is 7.81 Å². The summed E-state index contributed by atoms with van der Waals surface area (Å²) < 4.78 is 65.5. The van der Waals surface area contributed by atoms with E-state index in [0.717, 1.165) is 13.2 Å². The third-order valence-electron chi connectivity index (χ3n) is 2.88. The molecule has 24 heavy (non-hydrogen) atoms. The molecule has 2 heterocycles. The van der Waals surface area contributed by atoms with Gasteiger partial charge in [-0.2, -0.15) is 5.10 Å². The van der Waals surface area contributed by atoms with Crippen molar-refractivity contribution in [3.63, 3.8) is 0 Å². The van der Waals surface area contributed by atoms with E-state index in [1.165, 1.54) is 25.7 Å². The predicted molar refractivity (Wildman–Crippen MR) is 80.0 cm³/mol. The molecule has 0 aliphatic carbocycles. The van der Waals surface area contributed by atoms with Gasteiger partial charge in [0.2, 0.25) is 6.33 Å². The molecule has 0 saturated carbocycles. The van der Waals surface area contributed by atoms with Crippen LogP contribution < -0.4 is 4.57 Å². The Morgan fingerprint density at radius 3 is 2.21 bits per heavy atom. The number of rotatable bonds is 7. The third kappa shape index (κ3) is 12.9. The fourth-order valence-electron chi connectivity index (χ4n) is 1.93. The molecule has 0 saturated heterocycles. The molecule has 2 aromatic rings. The second-order valence-electron chi connectivity index (χ2n) is 5.37. The molecule has 4 nitrogen and oxygen atoms in total. The topological polar surface area (TPSA) is 26.6 Å². The van der Waals surface area contributed by atoms with Gasteiger partial charge in [0.25, 0.3) is 0 Å². The van der Waals surface area contributed by atoms with E-state index < -0.39 is 7.81 Å². The van der Waals surface area contributed by atoms with Gasteiger partial charge in [-0.15, -0.1) is 0 Å². The zero-order valence-electron chi connectivity index (χ0n) is 13.2. The minimum absolute atomic E-state index is 0.787. The van der Waals surface area contributed by atoms with E-state index >= 15 is 0 Å². The first-order valence-corrected chi connectivity index (χ1v) is 9.45. The number of unbranched alkanes of at least 4 members (excludes halogenated alkanes) is 3. The molecule has 0 aromatic carbocycles. The van der Waals surface area contributed by atoms with Crippen molar-refractivity contribution in [3.05, 3.63) is 37.2 Å². The Morgan fingerprint density at radius 1 is 1.00 bits per heavy atom. The molecule has 0 aliphatic heterocycles. The summed E-state index contributed by atoms with van der Waals surface area (Å²) in [7, 11) is -10.7. The zero-order chi connectivity index (χ0) is 18.3. The summed E-state index contributed by atoms with van der Waals surface area (Å²) >= 11 is 0. The van der Waals surface area contributed by atoms with E-state index in [2.05, 4.69) is 39.9 Å². The van der Waals surface area contributed by atoms with Crippen LogP contribution in [0.15, 0.2) is 37.2 Å². The Labute approximate surface area is 135 Å². The van der Waals surface area contributed by atoms with Gasteiger partial charge in [-0.05, 0) is 18.9 Å². The van der Waals surface area contributed by atoms with Crippen molar-refractivity contribution in [1.29, 1.82) is 0 Å². The van der Waals surface area contributed by atoms with Gasteiger partial charge in [0, 0.05) is 12.4 Å². The minimum atomic E-state index is -10.7. The van der Waals surface area contributed by atoms with Crippen molar-refractivity contribution < 1.29 is 29.7 Å². The fourth-order valence-corrected chi connectivity index (χ4v) is 1.93. The van der Waals surface area contributed by atoms with Crippen LogP contribution in [0.5, 0.6) is 0 Å². The van der Waals surface area contributed by atoms with Crippen LogP contribution in [-0.4, -0.2) is 14.3 Å². The second kappa shape index (κ2) is 7.13. The summed E-state index contributed by atoms with van der Waals surface area (Å²) in [5, 5.41) is 4.19. The molecule has 0 radical (unpaired) electrons. The molecule has 0 atom stereocenters. The average Bonchev–Trinajstić information content (AvgIpc) is 3.03. The monoisotopic (exact) mass is 378 g/mol. The van der Waals surface area contributed by atoms with Crippen molar-refractivity contribution >= 4 is 7.81 Å². The molecule has 0 N–H and O–H groups in total. The van der Waals surface area contributed by atoms with E-state index in [-0.39, 0.29) is 0 Å². The molecule has 0 fully saturated rings. The summed E-state index contributed by atoms with van der Waals surface area (Å²) in [6, 6.07) is 1.95. The van der Waals surface area contributed by atoms with Crippen LogP contribution in [0.4, 0.5) is 25.2 Å². The van der Waals surface area contributed by atoms with Crippen LogP contribution in [0.1, 0.15) is 32.6 Å². The van der Waals surface area contributed by atoms with Gasteiger partial charge in [0.1, 0.15) is 12.4 Å². The maximum atomic E-state index is 9.87. The van der Waals surface area contributed by atoms with E-state index in [0.29, 0.717) is 0 Å². The van der Waals surface area contributed by atoms with Crippen LogP contribution in [0, 0.1) is 0 Å². The Balaban J connectivity index is 0.000000351. The quantitative estimate of drug-likeness (QED) is 0.273. The van der Waals surface area contributed by atoms with Gasteiger partial charge in [-0.1, -0.05) is 19.8 Å². The summed E-state index contributed by atoms with van der Waals surface area (Å²) in [4.78, 5) is 0. The van der Waals surface area contributed by atoms with Gasteiger partial charge in [-0.3, -0.25) is 0 Å². The Kier molecular flexibility index (Phi) is 6.08. The first kappa shape index (κ1) is 20.5. The van der Waals surface area contributed by atoms with Gasteiger partial charge < -0.3 is 0 Å². The summed E-state index contributed by atoms with van der Waals surface area (Å²) in [5.74, 6) is 0. The summed E-state index contributed by atoms with van der Waals surface area (Å²) in [6.07, 6.45) is 15.4. The third-order valence-corrected chi connectivity index (χ3v) is 2.88. The number of hydrogen-bond donors (Lipinski definition) is 0. The molecular formula is C13H21F6N4P. The van der Waals surface area contributed by atoms with Gasteiger partial charge in [-0.25, -0.2) is 13.8 Å². The van der Waals surface area contributed by atoms with E-state index in [9.17, 15) is 25.2 Å². The number of nitrogens with zero attached hydrogens (tertiary/aromatic N) is 4. The van der Waals surface area contributed by atoms with Crippen LogP contribution in [-0.2, 0) is 13.2 Å². The predicted octanol–water partition coefficient (Wildman–Crippen LogP) is 5.44. The maximum absolute atomic E-state index is 10.7. The number of halogens is 6. The first-order valence-electron chi connectivity index (χ1n) is 7.42. The molecular weight excluding hydrogens is 357 g/mol. The van der Waals surface area contributed by atoms with Gasteiger partial charge in [0.05, 0.1) is 6.54 Å². The molecule has 2 rings (SSSR count). The van der Waals surface area contributed by atoms with Crippen molar-refractivity contribution in [3.8, 4) is 0 Å². The summed E-state index contributed by atoms with van der Waals surface area (Å²) in [6.45, 7) is 4.15. The normalized spacial score (nSPS) is 14.5. The van der Waals surface area contributed by atoms with E-state index in [1.54, 1.807) is 0 Å². The van der Waals surface area contributed by atoms with E-state index in [4.69, 9.17) is 0 Å². The number of imidazole rings is 1. The van der Waals surface area contributed by atoms with Crippen molar-refractivity contribution in [2.75, 3.05) is 0 Å². The molecule has 0 amide bonds. The number of aromatic nitrogens is 4. The number of aryl methyl sites for hydroxylation is 1. The molecule has 0 aliphatic rings. The van der Waals surface area contributed by atoms with Crippen LogP contribution in [0.2, 0.25) is 0 Å². The second-order valence-corrected chi connectivity index (χ2v) is 7.29. The van der Waals surface area contributed by atoms with Crippen LogP contribution in [0.25, 0.3) is 0 Å². The van der Waals surface area contributed by atoms with Crippen molar-refractivity contribution in [2.24, 2.45) is 0 Å². The fraction of sp³-hybridized carbons (Fsp3) is 0.538. The van der Waals surface area contributed by atoms with Crippen molar-refractivity contribution in [1.82, 2.24) is 14.3 Å². The molecule has 2 aromatic heterocycles. The molecule has 140 valence electrons.